The Morgan fingerprint density at radius 1 is 0.562 bits per heavy atom. The van der Waals surface area contributed by atoms with Crippen molar-refractivity contribution in [1.82, 2.24) is 0 Å². The highest BCUT2D eigenvalue weighted by atomic mass is 16.3. The minimum absolute atomic E-state index is 0.180. The highest BCUT2D eigenvalue weighted by Crippen LogP contribution is 2.46. The van der Waals surface area contributed by atoms with Gasteiger partial charge in [-0.1, -0.05) is 93.2 Å². The van der Waals surface area contributed by atoms with Crippen LogP contribution >= 0.6 is 0 Å². The van der Waals surface area contributed by atoms with Gasteiger partial charge in [-0.05, 0) is 59.8 Å². The van der Waals surface area contributed by atoms with Gasteiger partial charge in [-0.3, -0.25) is 0 Å². The Kier molecular flexibility index (Phi) is 8.85. The summed E-state index contributed by atoms with van der Waals surface area (Å²) in [6, 6.07) is 8.55. The summed E-state index contributed by atoms with van der Waals surface area (Å²) >= 11 is 0. The van der Waals surface area contributed by atoms with E-state index in [2.05, 4.69) is 79.7 Å². The second-order valence-electron chi connectivity index (χ2n) is 11.5. The fourth-order valence-corrected chi connectivity index (χ4v) is 4.39. The van der Waals surface area contributed by atoms with Crippen molar-refractivity contribution in [3.05, 3.63) is 46.5 Å². The molecule has 0 saturated carbocycles. The number of rotatable bonds is 9. The zero-order chi connectivity index (χ0) is 24.1. The van der Waals surface area contributed by atoms with E-state index in [1.54, 1.807) is 0 Å². The molecule has 2 N–H and O–H groups in total. The van der Waals surface area contributed by atoms with Crippen LogP contribution in [0, 0.1) is 0 Å². The van der Waals surface area contributed by atoms with E-state index in [0.29, 0.717) is 11.5 Å². The predicted octanol–water partition coefficient (Wildman–Crippen LogP) is 8.83. The minimum Gasteiger partial charge on any atom is -0.507 e. The molecule has 0 aromatic heterocycles. The molecule has 0 amide bonds. The minimum atomic E-state index is -0.180. The molecule has 0 radical (unpaired) electrons. The number of phenols is 2. The average Bonchev–Trinajstić information content (AvgIpc) is 2.69. The van der Waals surface area contributed by atoms with Gasteiger partial charge in [0, 0.05) is 22.3 Å². The normalized spacial score (nSPS) is 12.4. The van der Waals surface area contributed by atoms with Gasteiger partial charge < -0.3 is 10.2 Å². The number of unbranched alkanes of at least 4 members (excludes halogenated alkanes) is 4. The van der Waals surface area contributed by atoms with Crippen LogP contribution in [0.4, 0.5) is 0 Å². The third-order valence-electron chi connectivity index (χ3n) is 6.38. The van der Waals surface area contributed by atoms with Crippen LogP contribution in [0.5, 0.6) is 11.5 Å². The number of hydrogen-bond acceptors (Lipinski definition) is 2. The fourth-order valence-electron chi connectivity index (χ4n) is 4.39. The summed E-state index contributed by atoms with van der Waals surface area (Å²) < 4.78 is 0. The van der Waals surface area contributed by atoms with Crippen molar-refractivity contribution in [3.63, 3.8) is 0 Å². The predicted molar refractivity (Wildman–Crippen MR) is 139 cm³/mol. The van der Waals surface area contributed by atoms with Crippen LogP contribution in [0.25, 0.3) is 11.1 Å². The van der Waals surface area contributed by atoms with E-state index in [4.69, 9.17) is 0 Å². The summed E-state index contributed by atoms with van der Waals surface area (Å²) in [5.74, 6) is 0.607. The van der Waals surface area contributed by atoms with E-state index >= 15 is 0 Å². The van der Waals surface area contributed by atoms with E-state index in [0.717, 1.165) is 47.9 Å². The summed E-state index contributed by atoms with van der Waals surface area (Å²) in [7, 11) is 0. The first-order chi connectivity index (χ1) is 14.9. The number of phenolic OH excluding ortho intramolecular Hbond substituents is 2. The number of aromatic hydroxyl groups is 2. The zero-order valence-electron chi connectivity index (χ0n) is 21.9. The monoisotopic (exact) mass is 438 g/mol. The van der Waals surface area contributed by atoms with Gasteiger partial charge in [0.1, 0.15) is 11.5 Å². The molecule has 2 nitrogen and oxygen atoms in total. The first-order valence-corrected chi connectivity index (χ1v) is 12.6. The van der Waals surface area contributed by atoms with Gasteiger partial charge in [0.2, 0.25) is 0 Å². The molecule has 0 saturated heterocycles. The standard InChI is InChI=1S/C30H46O2/c1-9-11-13-15-21-17-23(27(31)25(19-21)29(3,4)5)24-18-22(16-14-12-10-2)20-26(28(24)32)30(6,7)8/h17-20,31-32H,9-16H2,1-8H3. The van der Waals surface area contributed by atoms with Crippen LogP contribution in [0.3, 0.4) is 0 Å². The molecule has 2 aromatic carbocycles. The molecule has 178 valence electrons. The van der Waals surface area contributed by atoms with Gasteiger partial charge in [0.15, 0.2) is 0 Å². The van der Waals surface area contributed by atoms with Gasteiger partial charge in [0.05, 0.1) is 0 Å². The summed E-state index contributed by atoms with van der Waals surface area (Å²) in [6.07, 6.45) is 9.04. The van der Waals surface area contributed by atoms with Gasteiger partial charge in [-0.15, -0.1) is 0 Å². The molecular weight excluding hydrogens is 392 g/mol. The van der Waals surface area contributed by atoms with Crippen molar-refractivity contribution in [2.45, 2.75) is 118 Å². The Balaban J connectivity index is 2.72. The molecule has 2 aromatic rings. The van der Waals surface area contributed by atoms with Crippen LogP contribution in [0.15, 0.2) is 24.3 Å². The molecule has 0 fully saturated rings. The first kappa shape index (κ1) is 26.3. The second kappa shape index (κ2) is 10.8. The second-order valence-corrected chi connectivity index (χ2v) is 11.5. The van der Waals surface area contributed by atoms with Crippen LogP contribution in [0.2, 0.25) is 0 Å². The van der Waals surface area contributed by atoms with E-state index in [1.807, 2.05) is 0 Å². The molecule has 0 aliphatic heterocycles. The maximum absolute atomic E-state index is 11.4. The summed E-state index contributed by atoms with van der Waals surface area (Å²) in [6.45, 7) is 17.3. The molecule has 0 atom stereocenters. The Hall–Kier alpha value is -1.96. The van der Waals surface area contributed by atoms with Gasteiger partial charge >= 0.3 is 0 Å². The van der Waals surface area contributed by atoms with Gasteiger partial charge in [0.25, 0.3) is 0 Å². The largest absolute Gasteiger partial charge is 0.507 e. The van der Waals surface area contributed by atoms with Crippen molar-refractivity contribution in [2.75, 3.05) is 0 Å². The van der Waals surface area contributed by atoms with Crippen LogP contribution < -0.4 is 0 Å². The number of benzene rings is 2. The molecule has 0 unspecified atom stereocenters. The molecule has 2 heteroatoms. The Bertz CT molecular complexity index is 819. The lowest BCUT2D eigenvalue weighted by Gasteiger charge is -2.26. The molecule has 0 heterocycles. The fraction of sp³-hybridized carbons (Fsp3) is 0.600. The van der Waals surface area contributed by atoms with Crippen molar-refractivity contribution in [2.24, 2.45) is 0 Å². The van der Waals surface area contributed by atoms with E-state index < -0.39 is 0 Å². The zero-order valence-corrected chi connectivity index (χ0v) is 21.9. The Labute approximate surface area is 197 Å². The smallest absolute Gasteiger partial charge is 0.127 e. The topological polar surface area (TPSA) is 40.5 Å². The Morgan fingerprint density at radius 2 is 0.906 bits per heavy atom. The van der Waals surface area contributed by atoms with E-state index in [-0.39, 0.29) is 10.8 Å². The summed E-state index contributed by atoms with van der Waals surface area (Å²) in [4.78, 5) is 0. The molecule has 2 rings (SSSR count). The van der Waals surface area contributed by atoms with Crippen molar-refractivity contribution in [1.29, 1.82) is 0 Å². The first-order valence-electron chi connectivity index (χ1n) is 12.6. The van der Waals surface area contributed by atoms with Crippen LogP contribution in [0.1, 0.15) is 116 Å². The Morgan fingerprint density at radius 3 is 1.19 bits per heavy atom. The maximum atomic E-state index is 11.4. The third kappa shape index (κ3) is 6.53. The maximum Gasteiger partial charge on any atom is 0.127 e. The quantitative estimate of drug-likeness (QED) is 0.384. The lowest BCUT2D eigenvalue weighted by atomic mass is 9.80. The SMILES string of the molecule is CCCCCc1cc(-c2cc(CCCCC)cc(C(C)(C)C)c2O)c(O)c(C(C)(C)C)c1. The van der Waals surface area contributed by atoms with Gasteiger partial charge in [-0.25, -0.2) is 0 Å². The van der Waals surface area contributed by atoms with E-state index in [9.17, 15) is 10.2 Å². The summed E-state index contributed by atoms with van der Waals surface area (Å²) in [5.41, 5.74) is 5.56. The van der Waals surface area contributed by atoms with Crippen molar-refractivity contribution < 1.29 is 10.2 Å². The molecule has 0 aliphatic carbocycles. The summed E-state index contributed by atoms with van der Waals surface area (Å²) in [5, 5.41) is 22.8. The molecular formula is C30H46O2. The lowest BCUT2D eigenvalue weighted by Crippen LogP contribution is -2.14. The third-order valence-corrected chi connectivity index (χ3v) is 6.38. The molecule has 32 heavy (non-hydrogen) atoms. The average molecular weight is 439 g/mol. The number of hydrogen-bond donors (Lipinski definition) is 2. The lowest BCUT2D eigenvalue weighted by molar-refractivity contribution is 0.440. The van der Waals surface area contributed by atoms with Crippen LogP contribution in [-0.2, 0) is 23.7 Å². The van der Waals surface area contributed by atoms with Crippen molar-refractivity contribution >= 4 is 0 Å². The highest BCUT2D eigenvalue weighted by molar-refractivity contribution is 5.80. The molecule has 0 spiro atoms. The molecule has 0 bridgehead atoms. The van der Waals surface area contributed by atoms with Crippen LogP contribution in [-0.4, -0.2) is 10.2 Å². The highest BCUT2D eigenvalue weighted by Gasteiger charge is 2.26. The van der Waals surface area contributed by atoms with E-state index in [1.165, 1.54) is 36.8 Å². The number of aryl methyl sites for hydroxylation is 2. The molecule has 0 aliphatic rings. The van der Waals surface area contributed by atoms with Crippen molar-refractivity contribution in [3.8, 4) is 22.6 Å². The van der Waals surface area contributed by atoms with Gasteiger partial charge in [-0.2, -0.15) is 0 Å².